The van der Waals surface area contributed by atoms with E-state index in [1.54, 1.807) is 23.1 Å². The van der Waals surface area contributed by atoms with Gasteiger partial charge in [0.25, 0.3) is 11.8 Å². The first kappa shape index (κ1) is 24.9. The fraction of sp³-hybridized carbons (Fsp3) is 0.179. The number of carbonyl (C=O) groups excluding carboxylic acids is 2. The number of rotatable bonds is 7. The van der Waals surface area contributed by atoms with Crippen LogP contribution in [0.4, 0.5) is 5.69 Å². The molecule has 9 heteroatoms. The first-order valence-electron chi connectivity index (χ1n) is 11.6. The molecule has 0 aromatic heterocycles. The highest BCUT2D eigenvalue weighted by atomic mass is 32.2. The van der Waals surface area contributed by atoms with Crippen LogP contribution in [-0.4, -0.2) is 34.4 Å². The third-order valence-electron chi connectivity index (χ3n) is 6.06. The van der Waals surface area contributed by atoms with Crippen molar-refractivity contribution in [2.24, 2.45) is 0 Å². The van der Waals surface area contributed by atoms with Crippen LogP contribution in [0.25, 0.3) is 6.08 Å². The fourth-order valence-electron chi connectivity index (χ4n) is 3.93. The van der Waals surface area contributed by atoms with Crippen LogP contribution in [-0.2, 0) is 16.1 Å². The van der Waals surface area contributed by atoms with Gasteiger partial charge < -0.3 is 19.5 Å². The number of nitrogens with zero attached hydrogens (tertiary/aromatic N) is 1. The summed E-state index contributed by atoms with van der Waals surface area (Å²) in [4.78, 5) is 27.6. The number of hydrogen-bond donors (Lipinski definition) is 1. The van der Waals surface area contributed by atoms with Crippen LogP contribution in [0.15, 0.2) is 65.6 Å². The van der Waals surface area contributed by atoms with E-state index in [4.69, 9.17) is 26.4 Å². The number of nitrogens with one attached hydrogen (secondary N) is 1. The molecule has 3 aromatic carbocycles. The standard InChI is InChI=1S/C28H24N2O5S2/c1-17-5-3-8-22(18(17)2)29-26(31)15-33-21-7-4-6-19(11-21)13-25-27(32)30(28(36)37-25)14-20-9-10-23-24(12-20)35-16-34-23/h3-13H,14-16H2,1-2H3,(H,29,31)/b25-13-. The molecule has 2 amide bonds. The topological polar surface area (TPSA) is 77.1 Å². The number of fused-ring (bicyclic) bond motifs is 1. The zero-order valence-electron chi connectivity index (χ0n) is 20.3. The van der Waals surface area contributed by atoms with Crippen molar-refractivity contribution in [3.05, 3.63) is 87.8 Å². The molecule has 0 spiro atoms. The normalized spacial score (nSPS) is 15.4. The quantitative estimate of drug-likeness (QED) is 0.320. The number of ether oxygens (including phenoxy) is 3. The fourth-order valence-corrected chi connectivity index (χ4v) is 5.18. The lowest BCUT2D eigenvalue weighted by Gasteiger charge is -2.14. The van der Waals surface area contributed by atoms with E-state index in [-0.39, 0.29) is 25.2 Å². The zero-order valence-corrected chi connectivity index (χ0v) is 21.9. The van der Waals surface area contributed by atoms with Gasteiger partial charge in [-0.2, -0.15) is 0 Å². The lowest BCUT2D eigenvalue weighted by molar-refractivity contribution is -0.122. The maximum absolute atomic E-state index is 13.1. The summed E-state index contributed by atoms with van der Waals surface area (Å²) in [5.74, 6) is 1.48. The Morgan fingerprint density at radius 3 is 2.78 bits per heavy atom. The predicted octanol–water partition coefficient (Wildman–Crippen LogP) is 5.45. The van der Waals surface area contributed by atoms with Gasteiger partial charge in [0.05, 0.1) is 11.4 Å². The van der Waals surface area contributed by atoms with Gasteiger partial charge in [0.2, 0.25) is 6.79 Å². The minimum atomic E-state index is -0.247. The third kappa shape index (κ3) is 5.63. The van der Waals surface area contributed by atoms with Crippen molar-refractivity contribution in [2.45, 2.75) is 20.4 Å². The Kier molecular flexibility index (Phi) is 7.16. The Balaban J connectivity index is 1.22. The summed E-state index contributed by atoms with van der Waals surface area (Å²) in [6, 6.07) is 18.6. The van der Waals surface area contributed by atoms with Crippen molar-refractivity contribution in [1.29, 1.82) is 0 Å². The van der Waals surface area contributed by atoms with Gasteiger partial charge in [0.1, 0.15) is 10.1 Å². The van der Waals surface area contributed by atoms with Crippen molar-refractivity contribution < 1.29 is 23.8 Å². The molecule has 7 nitrogen and oxygen atoms in total. The average molecular weight is 533 g/mol. The molecule has 1 saturated heterocycles. The second-order valence-corrected chi connectivity index (χ2v) is 10.3. The Hall–Kier alpha value is -3.82. The first-order chi connectivity index (χ1) is 17.9. The van der Waals surface area contributed by atoms with Crippen LogP contribution < -0.4 is 19.5 Å². The lowest BCUT2D eigenvalue weighted by Crippen LogP contribution is -2.27. The molecule has 5 rings (SSSR count). The van der Waals surface area contributed by atoms with Gasteiger partial charge in [-0.25, -0.2) is 0 Å². The number of thioether (sulfide) groups is 1. The van der Waals surface area contributed by atoms with Crippen molar-refractivity contribution in [3.8, 4) is 17.2 Å². The number of carbonyl (C=O) groups is 2. The minimum Gasteiger partial charge on any atom is -0.484 e. The molecule has 1 N–H and O–H groups in total. The monoisotopic (exact) mass is 532 g/mol. The lowest BCUT2D eigenvalue weighted by atomic mass is 10.1. The molecular weight excluding hydrogens is 508 g/mol. The van der Waals surface area contributed by atoms with Gasteiger partial charge in [0, 0.05) is 5.69 Å². The van der Waals surface area contributed by atoms with Crippen LogP contribution in [0.1, 0.15) is 22.3 Å². The van der Waals surface area contributed by atoms with Gasteiger partial charge in [0.15, 0.2) is 18.1 Å². The highest BCUT2D eigenvalue weighted by molar-refractivity contribution is 8.26. The third-order valence-corrected chi connectivity index (χ3v) is 7.43. The van der Waals surface area contributed by atoms with Gasteiger partial charge in [-0.1, -0.05) is 54.3 Å². The van der Waals surface area contributed by atoms with E-state index in [9.17, 15) is 9.59 Å². The van der Waals surface area contributed by atoms with Crippen molar-refractivity contribution in [1.82, 2.24) is 4.90 Å². The Morgan fingerprint density at radius 2 is 1.92 bits per heavy atom. The number of thiocarbonyl (C=S) groups is 1. The number of benzene rings is 3. The maximum Gasteiger partial charge on any atom is 0.266 e. The number of anilines is 1. The first-order valence-corrected chi connectivity index (χ1v) is 12.8. The van der Waals surface area contributed by atoms with Crippen LogP contribution in [0.2, 0.25) is 0 Å². The van der Waals surface area contributed by atoms with Crippen LogP contribution in [0, 0.1) is 13.8 Å². The van der Waals surface area contributed by atoms with Crippen LogP contribution in [0.3, 0.4) is 0 Å². The van der Waals surface area contributed by atoms with E-state index >= 15 is 0 Å². The number of aryl methyl sites for hydroxylation is 1. The number of hydrogen-bond acceptors (Lipinski definition) is 7. The SMILES string of the molecule is Cc1cccc(NC(=O)COc2cccc(/C=C3\SC(=S)N(Cc4ccc5c(c4)OCO5)C3=O)c2)c1C. The van der Waals surface area contributed by atoms with Gasteiger partial charge >= 0.3 is 0 Å². The molecule has 2 heterocycles. The molecule has 2 aliphatic rings. The average Bonchev–Trinajstić information content (AvgIpc) is 3.45. The molecule has 1 fully saturated rings. The summed E-state index contributed by atoms with van der Waals surface area (Å²) >= 11 is 6.74. The summed E-state index contributed by atoms with van der Waals surface area (Å²) in [7, 11) is 0. The van der Waals surface area contributed by atoms with Crippen molar-refractivity contribution in [2.75, 3.05) is 18.7 Å². The second kappa shape index (κ2) is 10.7. The Bertz CT molecular complexity index is 1440. The molecule has 0 bridgehead atoms. The van der Waals surface area contributed by atoms with Crippen molar-refractivity contribution in [3.63, 3.8) is 0 Å². The smallest absolute Gasteiger partial charge is 0.266 e. The summed E-state index contributed by atoms with van der Waals surface area (Å²) < 4.78 is 17.0. The van der Waals surface area contributed by atoms with E-state index in [1.165, 1.54) is 11.8 Å². The molecule has 0 unspecified atom stereocenters. The molecule has 2 aliphatic heterocycles. The molecule has 3 aromatic rings. The highest BCUT2D eigenvalue weighted by Crippen LogP contribution is 2.36. The molecule has 188 valence electrons. The van der Waals surface area contributed by atoms with E-state index in [2.05, 4.69) is 5.32 Å². The molecule has 0 radical (unpaired) electrons. The van der Waals surface area contributed by atoms with Gasteiger partial charge in [-0.05, 0) is 72.5 Å². The van der Waals surface area contributed by atoms with Crippen LogP contribution in [0.5, 0.6) is 17.2 Å². The van der Waals surface area contributed by atoms with Crippen molar-refractivity contribution >= 4 is 51.9 Å². The summed E-state index contributed by atoms with van der Waals surface area (Å²) in [5.41, 5.74) is 4.57. The molecule has 0 aliphatic carbocycles. The van der Waals surface area contributed by atoms with Gasteiger partial charge in [-0.3, -0.25) is 14.5 Å². The summed E-state index contributed by atoms with van der Waals surface area (Å²) in [5, 5.41) is 2.89. The number of amides is 2. The van der Waals surface area contributed by atoms with E-state index in [1.807, 2.05) is 62.4 Å². The molecule has 0 saturated carbocycles. The molecular formula is C28H24N2O5S2. The molecule has 0 atom stereocenters. The second-order valence-electron chi connectivity index (χ2n) is 8.61. The van der Waals surface area contributed by atoms with Crippen LogP contribution >= 0.6 is 24.0 Å². The minimum absolute atomic E-state index is 0.130. The molecule has 37 heavy (non-hydrogen) atoms. The summed E-state index contributed by atoms with van der Waals surface area (Å²) in [6.45, 7) is 4.37. The zero-order chi connectivity index (χ0) is 25.9. The Morgan fingerprint density at radius 1 is 1.11 bits per heavy atom. The van der Waals surface area contributed by atoms with E-state index in [0.29, 0.717) is 33.0 Å². The summed E-state index contributed by atoms with van der Waals surface area (Å²) in [6.07, 6.45) is 1.78. The van der Waals surface area contributed by atoms with E-state index < -0.39 is 0 Å². The predicted molar refractivity (Wildman–Crippen MR) is 148 cm³/mol. The van der Waals surface area contributed by atoms with E-state index in [0.717, 1.165) is 27.9 Å². The van der Waals surface area contributed by atoms with Gasteiger partial charge in [-0.15, -0.1) is 0 Å². The largest absolute Gasteiger partial charge is 0.484 e. The maximum atomic E-state index is 13.1. The Labute approximate surface area is 224 Å². The highest BCUT2D eigenvalue weighted by Gasteiger charge is 2.32.